The van der Waals surface area contributed by atoms with E-state index in [1.54, 1.807) is 0 Å². The van der Waals surface area contributed by atoms with E-state index in [1.807, 2.05) is 13.8 Å². The Morgan fingerprint density at radius 3 is 2.33 bits per heavy atom. The van der Waals surface area contributed by atoms with Crippen molar-refractivity contribution in [3.8, 4) is 0 Å². The highest BCUT2D eigenvalue weighted by Crippen LogP contribution is 2.02. The van der Waals surface area contributed by atoms with Crippen LogP contribution in [0.2, 0.25) is 0 Å². The van der Waals surface area contributed by atoms with Gasteiger partial charge in [-0.1, -0.05) is 6.92 Å². The maximum Gasteiger partial charge on any atom is 0.185 e. The highest BCUT2D eigenvalue weighted by Gasteiger charge is 2.18. The third kappa shape index (κ3) is 4.66. The van der Waals surface area contributed by atoms with Gasteiger partial charge in [0.15, 0.2) is 6.29 Å². The minimum atomic E-state index is -0.948. The lowest BCUT2D eigenvalue weighted by molar-refractivity contribution is -0.199. The fraction of sp³-hybridized carbons (Fsp3) is 1.00. The van der Waals surface area contributed by atoms with E-state index in [-0.39, 0.29) is 6.61 Å². The molecule has 0 saturated heterocycles. The molecule has 0 spiro atoms. The van der Waals surface area contributed by atoms with E-state index in [4.69, 9.17) is 14.6 Å². The van der Waals surface area contributed by atoms with Gasteiger partial charge in [-0.15, -0.1) is 0 Å². The van der Waals surface area contributed by atoms with Gasteiger partial charge in [0.1, 0.15) is 6.10 Å². The smallest absolute Gasteiger partial charge is 0.185 e. The maximum absolute atomic E-state index is 9.18. The predicted molar refractivity (Wildman–Crippen MR) is 44.7 cm³/mol. The zero-order valence-electron chi connectivity index (χ0n) is 7.69. The van der Waals surface area contributed by atoms with Crippen LogP contribution in [-0.2, 0) is 9.47 Å². The molecule has 0 bridgehead atoms. The molecule has 0 radical (unpaired) electrons. The van der Waals surface area contributed by atoms with Crippen LogP contribution in [0.25, 0.3) is 0 Å². The van der Waals surface area contributed by atoms with Crippen LogP contribution in [0.1, 0.15) is 20.3 Å². The molecular weight excluding hydrogens is 160 g/mol. The summed E-state index contributed by atoms with van der Waals surface area (Å²) in [5.74, 6) is 0. The molecular formula is C8H18O4. The predicted octanol–water partition coefficient (Wildman–Crippen LogP) is 0.129. The Kier molecular flexibility index (Phi) is 7.39. The number of rotatable bonds is 7. The summed E-state index contributed by atoms with van der Waals surface area (Å²) in [5.41, 5.74) is 0. The van der Waals surface area contributed by atoms with E-state index >= 15 is 0 Å². The van der Waals surface area contributed by atoms with E-state index in [1.165, 1.54) is 0 Å². The van der Waals surface area contributed by atoms with Gasteiger partial charge in [0.25, 0.3) is 0 Å². The van der Waals surface area contributed by atoms with Gasteiger partial charge in [0.2, 0.25) is 0 Å². The van der Waals surface area contributed by atoms with Gasteiger partial charge in [-0.05, 0) is 13.3 Å². The van der Waals surface area contributed by atoms with E-state index in [2.05, 4.69) is 0 Å². The Labute approximate surface area is 73.1 Å². The zero-order chi connectivity index (χ0) is 9.40. The molecule has 0 saturated carbocycles. The van der Waals surface area contributed by atoms with E-state index in [0.717, 1.165) is 6.42 Å². The van der Waals surface area contributed by atoms with Crippen molar-refractivity contribution in [3.63, 3.8) is 0 Å². The summed E-state index contributed by atoms with van der Waals surface area (Å²) in [6.45, 7) is 4.43. The Balaban J connectivity index is 3.68. The van der Waals surface area contributed by atoms with Crippen molar-refractivity contribution < 1.29 is 19.7 Å². The maximum atomic E-state index is 9.18. The van der Waals surface area contributed by atoms with Crippen LogP contribution in [0.5, 0.6) is 0 Å². The molecule has 0 aromatic carbocycles. The second-order valence-corrected chi connectivity index (χ2v) is 2.44. The van der Waals surface area contributed by atoms with Gasteiger partial charge in [-0.2, -0.15) is 0 Å². The van der Waals surface area contributed by atoms with Crippen LogP contribution >= 0.6 is 0 Å². The van der Waals surface area contributed by atoms with Gasteiger partial charge < -0.3 is 19.7 Å². The minimum absolute atomic E-state index is 0.339. The summed E-state index contributed by atoms with van der Waals surface area (Å²) < 4.78 is 10.2. The highest BCUT2D eigenvalue weighted by atomic mass is 16.7. The molecule has 2 N–H and O–H groups in total. The van der Waals surface area contributed by atoms with Crippen molar-refractivity contribution in [2.24, 2.45) is 0 Å². The number of ether oxygens (including phenoxy) is 2. The molecule has 74 valence electrons. The quantitative estimate of drug-likeness (QED) is 0.544. The molecule has 2 atom stereocenters. The van der Waals surface area contributed by atoms with Gasteiger partial charge in [-0.3, -0.25) is 0 Å². The first-order valence-corrected chi connectivity index (χ1v) is 4.28. The zero-order valence-corrected chi connectivity index (χ0v) is 7.69. The first-order valence-electron chi connectivity index (χ1n) is 4.28. The third-order valence-corrected chi connectivity index (χ3v) is 1.32. The van der Waals surface area contributed by atoms with Gasteiger partial charge in [-0.25, -0.2) is 0 Å². The number of hydrogen-bond acceptors (Lipinski definition) is 4. The molecule has 0 aromatic heterocycles. The fourth-order valence-electron chi connectivity index (χ4n) is 0.755. The monoisotopic (exact) mass is 178 g/mol. The second-order valence-electron chi connectivity index (χ2n) is 2.44. The molecule has 0 aliphatic heterocycles. The molecule has 0 fully saturated rings. The molecule has 4 heteroatoms. The summed E-state index contributed by atoms with van der Waals surface area (Å²) in [4.78, 5) is 0. The second kappa shape index (κ2) is 7.49. The summed E-state index contributed by atoms with van der Waals surface area (Å²) in [7, 11) is 0. The summed E-state index contributed by atoms with van der Waals surface area (Å²) in [6.07, 6.45) is -0.779. The lowest BCUT2D eigenvalue weighted by atomic mass is 10.3. The van der Waals surface area contributed by atoms with E-state index in [9.17, 15) is 5.11 Å². The average molecular weight is 178 g/mol. The van der Waals surface area contributed by atoms with Crippen LogP contribution in [0.3, 0.4) is 0 Å². The summed E-state index contributed by atoms with van der Waals surface area (Å²) in [5, 5.41) is 17.8. The van der Waals surface area contributed by atoms with Crippen LogP contribution < -0.4 is 0 Å². The Morgan fingerprint density at radius 2 is 1.92 bits per heavy atom. The number of aliphatic hydroxyl groups is 2. The molecule has 0 rings (SSSR count). The molecule has 0 aliphatic rings. The molecule has 12 heavy (non-hydrogen) atoms. The fourth-order valence-corrected chi connectivity index (χ4v) is 0.755. The lowest BCUT2D eigenvalue weighted by Crippen LogP contribution is -2.34. The Bertz CT molecular complexity index is 97.1. The van der Waals surface area contributed by atoms with Crippen molar-refractivity contribution in [2.75, 3.05) is 19.8 Å². The van der Waals surface area contributed by atoms with Crippen molar-refractivity contribution in [1.82, 2.24) is 0 Å². The standard InChI is InChI=1S/C8H18O4/c1-3-5-12-8(11-4-2)7(10)6-9/h7-10H,3-6H2,1-2H3/t7-,8+/m0/s1. The average Bonchev–Trinajstić information content (AvgIpc) is 2.11. The van der Waals surface area contributed by atoms with Gasteiger partial charge >= 0.3 is 0 Å². The summed E-state index contributed by atoms with van der Waals surface area (Å²) in [6, 6.07) is 0. The van der Waals surface area contributed by atoms with E-state index < -0.39 is 12.4 Å². The lowest BCUT2D eigenvalue weighted by Gasteiger charge is -2.21. The Morgan fingerprint density at radius 1 is 1.25 bits per heavy atom. The minimum Gasteiger partial charge on any atom is -0.393 e. The number of hydrogen-bond donors (Lipinski definition) is 2. The van der Waals surface area contributed by atoms with Gasteiger partial charge in [0.05, 0.1) is 6.61 Å². The largest absolute Gasteiger partial charge is 0.393 e. The van der Waals surface area contributed by atoms with E-state index in [0.29, 0.717) is 13.2 Å². The first kappa shape index (κ1) is 11.8. The molecule has 0 aliphatic carbocycles. The van der Waals surface area contributed by atoms with Crippen molar-refractivity contribution in [1.29, 1.82) is 0 Å². The SMILES string of the molecule is CCCO[C@@H](OCC)[C@@H](O)CO. The van der Waals surface area contributed by atoms with Crippen LogP contribution in [0.15, 0.2) is 0 Å². The van der Waals surface area contributed by atoms with Gasteiger partial charge in [0, 0.05) is 13.2 Å². The topological polar surface area (TPSA) is 58.9 Å². The molecule has 0 aromatic rings. The number of aliphatic hydroxyl groups excluding tert-OH is 2. The van der Waals surface area contributed by atoms with Crippen molar-refractivity contribution in [2.45, 2.75) is 32.7 Å². The molecule has 0 heterocycles. The van der Waals surface area contributed by atoms with Crippen LogP contribution in [-0.4, -0.2) is 42.4 Å². The normalized spacial score (nSPS) is 16.0. The van der Waals surface area contributed by atoms with Crippen LogP contribution in [0, 0.1) is 0 Å². The highest BCUT2D eigenvalue weighted by molar-refractivity contribution is 4.57. The Hall–Kier alpha value is -0.160. The molecule has 0 unspecified atom stereocenters. The van der Waals surface area contributed by atoms with Crippen molar-refractivity contribution in [3.05, 3.63) is 0 Å². The van der Waals surface area contributed by atoms with Crippen molar-refractivity contribution >= 4 is 0 Å². The summed E-state index contributed by atoms with van der Waals surface area (Å²) >= 11 is 0. The third-order valence-electron chi connectivity index (χ3n) is 1.32. The first-order chi connectivity index (χ1) is 5.76. The molecule has 0 amide bonds. The molecule has 4 nitrogen and oxygen atoms in total. The van der Waals surface area contributed by atoms with Crippen LogP contribution in [0.4, 0.5) is 0 Å².